The number of rotatable bonds is 4. The molecular formula is C20H20F3N3O5. The number of benzene rings is 1. The Kier molecular flexibility index (Phi) is 6.05. The quantitative estimate of drug-likeness (QED) is 0.731. The van der Waals surface area contributed by atoms with E-state index in [4.69, 9.17) is 9.26 Å². The van der Waals surface area contributed by atoms with E-state index in [0.29, 0.717) is 4.90 Å². The van der Waals surface area contributed by atoms with Gasteiger partial charge in [-0.2, -0.15) is 13.2 Å². The number of carbonyl (C=O) groups excluding carboxylic acids is 3. The molecule has 2 heterocycles. The van der Waals surface area contributed by atoms with Crippen LogP contribution in [0.3, 0.4) is 0 Å². The van der Waals surface area contributed by atoms with E-state index in [1.54, 1.807) is 13.8 Å². The van der Waals surface area contributed by atoms with Gasteiger partial charge in [-0.15, -0.1) is 0 Å². The Morgan fingerprint density at radius 3 is 2.65 bits per heavy atom. The second-order valence-electron chi connectivity index (χ2n) is 7.33. The third-order valence-electron chi connectivity index (χ3n) is 4.72. The number of aromatic nitrogens is 1. The van der Waals surface area contributed by atoms with Crippen molar-refractivity contribution in [1.82, 2.24) is 5.16 Å². The highest BCUT2D eigenvalue weighted by Crippen LogP contribution is 2.37. The van der Waals surface area contributed by atoms with Gasteiger partial charge in [-0.1, -0.05) is 31.1 Å². The molecule has 1 atom stereocenters. The molecule has 1 aromatic carbocycles. The Bertz CT molecular complexity index is 1020. The van der Waals surface area contributed by atoms with Crippen molar-refractivity contribution >= 4 is 29.2 Å². The van der Waals surface area contributed by atoms with Crippen LogP contribution < -0.4 is 10.2 Å². The van der Waals surface area contributed by atoms with Gasteiger partial charge in [0.1, 0.15) is 11.6 Å². The monoisotopic (exact) mass is 439 g/mol. The lowest BCUT2D eigenvalue weighted by Crippen LogP contribution is -2.51. The third kappa shape index (κ3) is 4.54. The minimum absolute atomic E-state index is 0.0308. The summed E-state index contributed by atoms with van der Waals surface area (Å²) in [7, 11) is 0. The molecule has 0 fully saturated rings. The summed E-state index contributed by atoms with van der Waals surface area (Å²) < 4.78 is 51.3. The number of amides is 2. The van der Waals surface area contributed by atoms with Gasteiger partial charge >= 0.3 is 12.1 Å². The lowest BCUT2D eigenvalue weighted by Gasteiger charge is -2.31. The molecule has 1 aliphatic rings. The van der Waals surface area contributed by atoms with Crippen molar-refractivity contribution in [2.75, 3.05) is 16.8 Å². The maximum absolute atomic E-state index is 13.7. The fraction of sp³-hybridized carbons (Fsp3) is 0.400. The van der Waals surface area contributed by atoms with E-state index in [1.807, 2.05) is 0 Å². The van der Waals surface area contributed by atoms with Crippen LogP contribution in [0.1, 0.15) is 48.0 Å². The number of alkyl halides is 3. The number of fused-ring (bicyclic) bond motifs is 1. The SMILES string of the molecule is Cc1noc(C(C)C)c1C(=O)OCC(=O)N1c2ccccc2NC(=O)CC1C(F)(F)F. The first-order valence-corrected chi connectivity index (χ1v) is 9.41. The van der Waals surface area contributed by atoms with Gasteiger partial charge in [0.05, 0.1) is 23.5 Å². The molecule has 2 amide bonds. The molecule has 166 valence electrons. The Balaban J connectivity index is 1.89. The van der Waals surface area contributed by atoms with Gasteiger partial charge in [0.25, 0.3) is 5.91 Å². The van der Waals surface area contributed by atoms with Crippen molar-refractivity contribution in [3.63, 3.8) is 0 Å². The normalized spacial score (nSPS) is 16.5. The number of para-hydroxylation sites is 2. The van der Waals surface area contributed by atoms with E-state index in [-0.39, 0.29) is 34.3 Å². The molecule has 0 saturated heterocycles. The van der Waals surface area contributed by atoms with E-state index in [0.717, 1.165) is 0 Å². The topological polar surface area (TPSA) is 102 Å². The lowest BCUT2D eigenvalue weighted by atomic mass is 10.1. The minimum Gasteiger partial charge on any atom is -0.452 e. The first kappa shape index (κ1) is 22.3. The van der Waals surface area contributed by atoms with Crippen molar-refractivity contribution in [3.05, 3.63) is 41.3 Å². The highest BCUT2D eigenvalue weighted by molar-refractivity contribution is 6.05. The zero-order valence-electron chi connectivity index (χ0n) is 16.9. The summed E-state index contributed by atoms with van der Waals surface area (Å²) in [6, 6.07) is 3.20. The Morgan fingerprint density at radius 2 is 2.00 bits per heavy atom. The maximum Gasteiger partial charge on any atom is 0.409 e. The molecular weight excluding hydrogens is 419 g/mol. The highest BCUT2D eigenvalue weighted by atomic mass is 19.4. The van der Waals surface area contributed by atoms with Gasteiger partial charge in [-0.05, 0) is 19.1 Å². The van der Waals surface area contributed by atoms with Crippen molar-refractivity contribution in [2.45, 2.75) is 45.3 Å². The minimum atomic E-state index is -4.88. The van der Waals surface area contributed by atoms with Gasteiger partial charge in [0.15, 0.2) is 12.4 Å². The van der Waals surface area contributed by atoms with E-state index >= 15 is 0 Å². The number of anilines is 2. The fourth-order valence-corrected chi connectivity index (χ4v) is 3.29. The van der Waals surface area contributed by atoms with Gasteiger partial charge in [0.2, 0.25) is 5.91 Å². The number of nitrogens with one attached hydrogen (secondary N) is 1. The number of hydrogen-bond donors (Lipinski definition) is 1. The van der Waals surface area contributed by atoms with E-state index in [9.17, 15) is 27.6 Å². The van der Waals surface area contributed by atoms with Crippen LogP contribution in [0, 0.1) is 6.92 Å². The fourth-order valence-electron chi connectivity index (χ4n) is 3.29. The second kappa shape index (κ2) is 8.40. The number of esters is 1. The molecule has 2 aromatic rings. The number of aryl methyl sites for hydroxylation is 1. The Morgan fingerprint density at radius 1 is 1.32 bits per heavy atom. The maximum atomic E-state index is 13.7. The van der Waals surface area contributed by atoms with Gasteiger partial charge < -0.3 is 14.6 Å². The largest absolute Gasteiger partial charge is 0.452 e. The first-order chi connectivity index (χ1) is 14.5. The highest BCUT2D eigenvalue weighted by Gasteiger charge is 2.49. The summed E-state index contributed by atoms with van der Waals surface area (Å²) in [5.41, 5.74) is 0.184. The Labute approximate surface area is 175 Å². The van der Waals surface area contributed by atoms with Gasteiger partial charge in [-0.3, -0.25) is 14.5 Å². The summed E-state index contributed by atoms with van der Waals surface area (Å²) in [5.74, 6) is -2.90. The van der Waals surface area contributed by atoms with Crippen LogP contribution in [0.2, 0.25) is 0 Å². The zero-order valence-corrected chi connectivity index (χ0v) is 16.9. The lowest BCUT2D eigenvalue weighted by molar-refractivity contribution is -0.158. The van der Waals surface area contributed by atoms with Gasteiger partial charge in [0, 0.05) is 5.92 Å². The summed E-state index contributed by atoms with van der Waals surface area (Å²) in [4.78, 5) is 37.8. The molecule has 1 unspecified atom stereocenters. The molecule has 3 rings (SSSR count). The second-order valence-corrected chi connectivity index (χ2v) is 7.33. The number of halogens is 3. The molecule has 31 heavy (non-hydrogen) atoms. The van der Waals surface area contributed by atoms with Crippen LogP contribution in [-0.4, -0.2) is 41.8 Å². The molecule has 0 bridgehead atoms. The van der Waals surface area contributed by atoms with Crippen LogP contribution in [0.4, 0.5) is 24.5 Å². The van der Waals surface area contributed by atoms with Crippen molar-refractivity contribution in [2.24, 2.45) is 0 Å². The molecule has 0 radical (unpaired) electrons. The van der Waals surface area contributed by atoms with E-state index < -0.39 is 43.0 Å². The summed E-state index contributed by atoms with van der Waals surface area (Å²) in [6.07, 6.45) is -5.87. The molecule has 11 heteroatoms. The first-order valence-electron chi connectivity index (χ1n) is 9.41. The molecule has 0 saturated carbocycles. The standard InChI is InChI=1S/C20H20F3N3O5/c1-10(2)18-17(11(3)25-31-18)19(29)30-9-16(28)26-13-7-5-4-6-12(13)24-15(27)8-14(26)20(21,22)23/h4-7,10,14H,8-9H2,1-3H3,(H,24,27). The van der Waals surface area contributed by atoms with Crippen molar-refractivity contribution in [3.8, 4) is 0 Å². The molecule has 0 aliphatic carbocycles. The van der Waals surface area contributed by atoms with Crippen LogP contribution in [0.5, 0.6) is 0 Å². The average molecular weight is 439 g/mol. The molecule has 1 aromatic heterocycles. The average Bonchev–Trinajstić information content (AvgIpc) is 2.99. The number of hydrogen-bond acceptors (Lipinski definition) is 6. The zero-order chi connectivity index (χ0) is 22.9. The van der Waals surface area contributed by atoms with Crippen molar-refractivity contribution < 1.29 is 36.8 Å². The van der Waals surface area contributed by atoms with Gasteiger partial charge in [-0.25, -0.2) is 4.79 Å². The molecule has 0 spiro atoms. The molecule has 8 nitrogen and oxygen atoms in total. The molecule has 1 aliphatic heterocycles. The van der Waals surface area contributed by atoms with Crippen molar-refractivity contribution in [1.29, 1.82) is 0 Å². The number of carbonyl (C=O) groups is 3. The third-order valence-corrected chi connectivity index (χ3v) is 4.72. The summed E-state index contributed by atoms with van der Waals surface area (Å²) >= 11 is 0. The molecule has 1 N–H and O–H groups in total. The van der Waals surface area contributed by atoms with E-state index in [2.05, 4.69) is 10.5 Å². The number of ether oxygens (including phenoxy) is 1. The summed E-state index contributed by atoms with van der Waals surface area (Å²) in [5, 5.41) is 6.07. The van der Waals surface area contributed by atoms with Crippen LogP contribution in [0.25, 0.3) is 0 Å². The Hall–Kier alpha value is -3.37. The number of nitrogens with zero attached hydrogens (tertiary/aromatic N) is 2. The smallest absolute Gasteiger partial charge is 0.409 e. The summed E-state index contributed by atoms with van der Waals surface area (Å²) in [6.45, 7) is 4.06. The van der Waals surface area contributed by atoms with Crippen LogP contribution >= 0.6 is 0 Å². The van der Waals surface area contributed by atoms with E-state index in [1.165, 1.54) is 31.2 Å². The predicted octanol–water partition coefficient (Wildman–Crippen LogP) is 3.57. The van der Waals surface area contributed by atoms with Crippen LogP contribution in [-0.2, 0) is 14.3 Å². The van der Waals surface area contributed by atoms with Crippen LogP contribution in [0.15, 0.2) is 28.8 Å². The predicted molar refractivity (Wildman–Crippen MR) is 103 cm³/mol.